The Morgan fingerprint density at radius 2 is 2.08 bits per heavy atom. The summed E-state index contributed by atoms with van der Waals surface area (Å²) in [5.74, 6) is 0.183. The number of carbonyl (C=O) groups is 2. The van der Waals surface area contributed by atoms with Crippen LogP contribution in [0.5, 0.6) is 0 Å². The van der Waals surface area contributed by atoms with Crippen LogP contribution < -0.4 is 5.32 Å². The van der Waals surface area contributed by atoms with Crippen LogP contribution >= 0.6 is 22.9 Å². The van der Waals surface area contributed by atoms with Crippen LogP contribution in [0, 0.1) is 11.3 Å². The van der Waals surface area contributed by atoms with Gasteiger partial charge < -0.3 is 10.2 Å². The molecule has 0 unspecified atom stereocenters. The molecule has 2 aromatic rings. The number of thiophene rings is 1. The number of likely N-dealkylation sites (tertiary alicyclic amines) is 1. The molecule has 25 heavy (non-hydrogen) atoms. The van der Waals surface area contributed by atoms with E-state index in [0.717, 1.165) is 24.3 Å². The number of hydrogen-bond donors (Lipinski definition) is 1. The normalized spacial score (nSPS) is 24.5. The predicted octanol–water partition coefficient (Wildman–Crippen LogP) is 3.57. The molecular formula is C19H19ClN2O2S. The summed E-state index contributed by atoms with van der Waals surface area (Å²) in [5, 5.41) is 5.67. The van der Waals surface area contributed by atoms with Crippen molar-refractivity contribution in [2.45, 2.75) is 19.4 Å². The van der Waals surface area contributed by atoms with Gasteiger partial charge in [-0.3, -0.25) is 9.59 Å². The average Bonchev–Trinajstić information content (AvgIpc) is 2.96. The van der Waals surface area contributed by atoms with E-state index in [4.69, 9.17) is 11.6 Å². The molecule has 1 N–H and O–H groups in total. The topological polar surface area (TPSA) is 49.4 Å². The largest absolute Gasteiger partial charge is 0.351 e. The third-order valence-corrected chi connectivity index (χ3v) is 6.42. The van der Waals surface area contributed by atoms with Gasteiger partial charge in [0.25, 0.3) is 5.91 Å². The summed E-state index contributed by atoms with van der Waals surface area (Å²) in [6, 6.07) is 11.0. The molecule has 1 saturated carbocycles. The Bertz CT molecular complexity index is 790. The Morgan fingerprint density at radius 3 is 2.80 bits per heavy atom. The Balaban J connectivity index is 1.34. The molecule has 6 heteroatoms. The summed E-state index contributed by atoms with van der Waals surface area (Å²) in [5.41, 5.74) is 0.641. The van der Waals surface area contributed by atoms with Crippen LogP contribution in [0.1, 0.15) is 28.1 Å². The summed E-state index contributed by atoms with van der Waals surface area (Å²) in [6.45, 7) is 1.98. The van der Waals surface area contributed by atoms with E-state index >= 15 is 0 Å². The fourth-order valence-corrected chi connectivity index (χ4v) is 4.49. The van der Waals surface area contributed by atoms with Gasteiger partial charge in [0.1, 0.15) is 0 Å². The van der Waals surface area contributed by atoms with Gasteiger partial charge in [0.15, 0.2) is 0 Å². The molecule has 2 heterocycles. The first kappa shape index (κ1) is 16.6. The Morgan fingerprint density at radius 1 is 1.28 bits per heavy atom. The molecule has 1 aliphatic heterocycles. The van der Waals surface area contributed by atoms with E-state index < -0.39 is 0 Å². The zero-order valence-corrected chi connectivity index (χ0v) is 15.3. The van der Waals surface area contributed by atoms with Gasteiger partial charge in [-0.15, -0.1) is 11.3 Å². The highest BCUT2D eigenvalue weighted by molar-refractivity contribution is 7.09. The molecule has 2 amide bonds. The average molecular weight is 375 g/mol. The van der Waals surface area contributed by atoms with Gasteiger partial charge in [0.05, 0.1) is 6.54 Å². The predicted molar refractivity (Wildman–Crippen MR) is 98.7 cm³/mol. The van der Waals surface area contributed by atoms with Crippen LogP contribution in [0.15, 0.2) is 41.8 Å². The molecule has 0 radical (unpaired) electrons. The van der Waals surface area contributed by atoms with Gasteiger partial charge in [-0.2, -0.15) is 0 Å². The number of hydrogen-bond acceptors (Lipinski definition) is 3. The number of nitrogens with zero attached hydrogens (tertiary/aromatic N) is 1. The second-order valence-corrected chi connectivity index (χ2v) is 8.37. The summed E-state index contributed by atoms with van der Waals surface area (Å²) in [6.07, 6.45) is 1.79. The lowest BCUT2D eigenvalue weighted by atomic mass is 10.0. The maximum atomic E-state index is 12.6. The molecule has 4 rings (SSSR count). The highest BCUT2D eigenvalue weighted by Crippen LogP contribution is 2.58. The molecule has 0 bridgehead atoms. The second kappa shape index (κ2) is 6.46. The first-order valence-electron chi connectivity index (χ1n) is 8.42. The van der Waals surface area contributed by atoms with Crippen molar-refractivity contribution in [1.82, 2.24) is 10.2 Å². The maximum Gasteiger partial charge on any atom is 0.253 e. The SMILES string of the molecule is O=C(NCc1cccs1)[C@H]1C[C@@]12CCN(C(=O)c1ccc(Cl)cc1)C2. The standard InChI is InChI=1S/C19H19ClN2O2S/c20-14-5-3-13(4-6-14)18(24)22-8-7-19(12-22)10-16(19)17(23)21-11-15-2-1-9-25-15/h1-6,9,16H,7-8,10-12H2,(H,21,23)/t16-,19-/m1/s1. The summed E-state index contributed by atoms with van der Waals surface area (Å²) < 4.78 is 0. The van der Waals surface area contributed by atoms with Crippen LogP contribution in [0.2, 0.25) is 5.02 Å². The molecule has 1 aromatic heterocycles. The summed E-state index contributed by atoms with van der Waals surface area (Å²) in [7, 11) is 0. The number of rotatable bonds is 4. The highest BCUT2D eigenvalue weighted by Gasteiger charge is 2.61. The van der Waals surface area contributed by atoms with E-state index in [1.807, 2.05) is 22.4 Å². The number of benzene rings is 1. The molecule has 4 nitrogen and oxygen atoms in total. The van der Waals surface area contributed by atoms with E-state index in [1.54, 1.807) is 35.6 Å². The van der Waals surface area contributed by atoms with Gasteiger partial charge in [-0.05, 0) is 48.6 Å². The molecule has 2 fully saturated rings. The van der Waals surface area contributed by atoms with E-state index in [9.17, 15) is 9.59 Å². The van der Waals surface area contributed by atoms with Gasteiger partial charge in [-0.25, -0.2) is 0 Å². The molecule has 1 aromatic carbocycles. The molecule has 130 valence electrons. The molecule has 2 aliphatic rings. The zero-order valence-electron chi connectivity index (χ0n) is 13.7. The lowest BCUT2D eigenvalue weighted by Crippen LogP contribution is -2.31. The molecular weight excluding hydrogens is 356 g/mol. The van der Waals surface area contributed by atoms with Crippen LogP contribution in [-0.2, 0) is 11.3 Å². The zero-order chi connectivity index (χ0) is 17.4. The van der Waals surface area contributed by atoms with Gasteiger partial charge >= 0.3 is 0 Å². The van der Waals surface area contributed by atoms with Crippen molar-refractivity contribution in [3.63, 3.8) is 0 Å². The molecule has 1 aliphatic carbocycles. The van der Waals surface area contributed by atoms with Crippen LogP contribution in [0.25, 0.3) is 0 Å². The minimum atomic E-state index is -0.0123. The molecule has 1 saturated heterocycles. The minimum absolute atomic E-state index is 0.0123. The van der Waals surface area contributed by atoms with Crippen molar-refractivity contribution in [3.8, 4) is 0 Å². The van der Waals surface area contributed by atoms with Crippen molar-refractivity contribution in [1.29, 1.82) is 0 Å². The lowest BCUT2D eigenvalue weighted by Gasteiger charge is -2.17. The van der Waals surface area contributed by atoms with E-state index in [-0.39, 0.29) is 23.1 Å². The number of halogens is 1. The number of carbonyl (C=O) groups excluding carboxylic acids is 2. The maximum absolute atomic E-state index is 12.6. The van der Waals surface area contributed by atoms with Gasteiger partial charge in [0.2, 0.25) is 5.91 Å². The van der Waals surface area contributed by atoms with E-state index in [2.05, 4.69) is 5.32 Å². The third-order valence-electron chi connectivity index (χ3n) is 5.29. The quantitative estimate of drug-likeness (QED) is 0.889. The fourth-order valence-electron chi connectivity index (χ4n) is 3.72. The summed E-state index contributed by atoms with van der Waals surface area (Å²) >= 11 is 7.53. The molecule has 2 atom stereocenters. The molecule has 1 spiro atoms. The number of nitrogens with one attached hydrogen (secondary N) is 1. The monoisotopic (exact) mass is 374 g/mol. The first-order chi connectivity index (χ1) is 12.1. The lowest BCUT2D eigenvalue weighted by molar-refractivity contribution is -0.123. The Kier molecular flexibility index (Phi) is 4.29. The van der Waals surface area contributed by atoms with Gasteiger partial charge in [-0.1, -0.05) is 17.7 Å². The summed E-state index contributed by atoms with van der Waals surface area (Å²) in [4.78, 5) is 28.1. The van der Waals surface area contributed by atoms with Crippen molar-refractivity contribution >= 4 is 34.8 Å². The smallest absolute Gasteiger partial charge is 0.253 e. The highest BCUT2D eigenvalue weighted by atomic mass is 35.5. The van der Waals surface area contributed by atoms with Crippen LogP contribution in [-0.4, -0.2) is 29.8 Å². The van der Waals surface area contributed by atoms with Crippen molar-refractivity contribution in [2.75, 3.05) is 13.1 Å². The van der Waals surface area contributed by atoms with Crippen molar-refractivity contribution in [3.05, 3.63) is 57.2 Å². The fraction of sp³-hybridized carbons (Fsp3) is 0.368. The van der Waals surface area contributed by atoms with Crippen LogP contribution in [0.3, 0.4) is 0 Å². The first-order valence-corrected chi connectivity index (χ1v) is 9.68. The van der Waals surface area contributed by atoms with Crippen LogP contribution in [0.4, 0.5) is 0 Å². The number of amides is 2. The van der Waals surface area contributed by atoms with E-state index in [0.29, 0.717) is 23.7 Å². The third kappa shape index (κ3) is 3.31. The Hall–Kier alpha value is -1.85. The minimum Gasteiger partial charge on any atom is -0.351 e. The van der Waals surface area contributed by atoms with Gasteiger partial charge in [0, 0.05) is 39.9 Å². The Labute approximate surface area is 155 Å². The van der Waals surface area contributed by atoms with E-state index in [1.165, 1.54) is 0 Å². The van der Waals surface area contributed by atoms with Crippen molar-refractivity contribution < 1.29 is 9.59 Å². The van der Waals surface area contributed by atoms with Crippen molar-refractivity contribution in [2.24, 2.45) is 11.3 Å². The second-order valence-electron chi connectivity index (χ2n) is 6.90.